The Kier molecular flexibility index (Phi) is 6.39. The monoisotopic (exact) mass is 348 g/mol. The maximum absolute atomic E-state index is 12.8. The first kappa shape index (κ1) is 19.2. The van der Waals surface area contributed by atoms with Crippen LogP contribution in [0.2, 0.25) is 0 Å². The number of aryl methyl sites for hydroxylation is 1. The SMILES string of the molecule is Cc1cc(C(=O)NCC(C)C(=O)O)c(=O)n(CC2CCCCC2)c1C. The van der Waals surface area contributed by atoms with Crippen LogP contribution in [0.3, 0.4) is 0 Å². The number of hydrogen-bond acceptors (Lipinski definition) is 3. The minimum atomic E-state index is -0.977. The fourth-order valence-corrected chi connectivity index (χ4v) is 3.33. The van der Waals surface area contributed by atoms with E-state index < -0.39 is 17.8 Å². The highest BCUT2D eigenvalue weighted by Gasteiger charge is 2.21. The van der Waals surface area contributed by atoms with E-state index in [1.54, 1.807) is 10.6 Å². The van der Waals surface area contributed by atoms with Crippen LogP contribution in [0.1, 0.15) is 60.6 Å². The lowest BCUT2D eigenvalue weighted by Crippen LogP contribution is -2.38. The van der Waals surface area contributed by atoms with Gasteiger partial charge in [-0.05, 0) is 44.2 Å². The van der Waals surface area contributed by atoms with Gasteiger partial charge in [-0.2, -0.15) is 0 Å². The van der Waals surface area contributed by atoms with Crippen molar-refractivity contribution in [3.63, 3.8) is 0 Å². The molecule has 0 saturated heterocycles. The van der Waals surface area contributed by atoms with Crippen LogP contribution >= 0.6 is 0 Å². The number of pyridine rings is 1. The number of carbonyl (C=O) groups is 2. The van der Waals surface area contributed by atoms with Crippen molar-refractivity contribution in [1.82, 2.24) is 9.88 Å². The molecule has 0 spiro atoms. The summed E-state index contributed by atoms with van der Waals surface area (Å²) in [6.45, 7) is 5.97. The number of aromatic nitrogens is 1. The van der Waals surface area contributed by atoms with E-state index in [2.05, 4.69) is 5.32 Å². The lowest BCUT2D eigenvalue weighted by Gasteiger charge is -2.24. The second-order valence-electron chi connectivity index (χ2n) is 7.20. The second kappa shape index (κ2) is 8.32. The van der Waals surface area contributed by atoms with Crippen LogP contribution in [0.15, 0.2) is 10.9 Å². The molecule has 1 heterocycles. The number of amides is 1. The third kappa shape index (κ3) is 4.71. The molecule has 1 atom stereocenters. The maximum atomic E-state index is 12.8. The number of aliphatic carboxylic acids is 1. The minimum absolute atomic E-state index is 0.00313. The van der Waals surface area contributed by atoms with E-state index in [1.807, 2.05) is 13.8 Å². The second-order valence-corrected chi connectivity index (χ2v) is 7.20. The number of rotatable bonds is 6. The smallest absolute Gasteiger partial charge is 0.308 e. The van der Waals surface area contributed by atoms with E-state index in [0.29, 0.717) is 12.5 Å². The molecule has 1 aromatic rings. The van der Waals surface area contributed by atoms with Gasteiger partial charge in [-0.1, -0.05) is 26.2 Å². The maximum Gasteiger partial charge on any atom is 0.308 e. The first-order chi connectivity index (χ1) is 11.8. The normalized spacial score (nSPS) is 16.4. The van der Waals surface area contributed by atoms with E-state index in [4.69, 9.17) is 5.11 Å². The van der Waals surface area contributed by atoms with Gasteiger partial charge in [0, 0.05) is 18.8 Å². The highest BCUT2D eigenvalue weighted by Crippen LogP contribution is 2.25. The Hall–Kier alpha value is -2.11. The van der Waals surface area contributed by atoms with Gasteiger partial charge in [0.1, 0.15) is 5.56 Å². The van der Waals surface area contributed by atoms with Crippen LogP contribution in [0.25, 0.3) is 0 Å². The predicted octanol–water partition coefficient (Wildman–Crippen LogP) is 2.50. The zero-order chi connectivity index (χ0) is 18.6. The number of hydrogen-bond donors (Lipinski definition) is 2. The number of nitrogens with zero attached hydrogens (tertiary/aromatic N) is 1. The Labute approximate surface area is 148 Å². The number of carboxylic acid groups (broad SMARTS) is 1. The van der Waals surface area contributed by atoms with E-state index in [1.165, 1.54) is 26.2 Å². The molecular formula is C19H28N2O4. The molecule has 1 saturated carbocycles. The van der Waals surface area contributed by atoms with Gasteiger partial charge in [-0.15, -0.1) is 0 Å². The molecular weight excluding hydrogens is 320 g/mol. The summed E-state index contributed by atoms with van der Waals surface area (Å²) >= 11 is 0. The average molecular weight is 348 g/mol. The molecule has 2 N–H and O–H groups in total. The van der Waals surface area contributed by atoms with E-state index in [9.17, 15) is 14.4 Å². The standard InChI is InChI=1S/C19H28N2O4/c1-12-9-16(17(22)20-10-13(2)19(24)25)18(23)21(14(12)3)11-15-7-5-4-6-8-15/h9,13,15H,4-8,10-11H2,1-3H3,(H,20,22)(H,24,25). The molecule has 2 rings (SSSR count). The summed E-state index contributed by atoms with van der Waals surface area (Å²) in [6, 6.07) is 1.61. The predicted molar refractivity (Wildman–Crippen MR) is 95.9 cm³/mol. The summed E-state index contributed by atoms with van der Waals surface area (Å²) in [6.07, 6.45) is 5.90. The summed E-state index contributed by atoms with van der Waals surface area (Å²) in [5.74, 6) is -1.69. The Balaban J connectivity index is 2.22. The molecule has 0 aromatic carbocycles. The minimum Gasteiger partial charge on any atom is -0.481 e. The molecule has 0 aliphatic heterocycles. The molecule has 0 radical (unpaired) electrons. The first-order valence-corrected chi connectivity index (χ1v) is 9.03. The Bertz CT molecular complexity index is 702. The average Bonchev–Trinajstić information content (AvgIpc) is 2.60. The van der Waals surface area contributed by atoms with E-state index >= 15 is 0 Å². The fraction of sp³-hybridized carbons (Fsp3) is 0.632. The zero-order valence-corrected chi connectivity index (χ0v) is 15.3. The van der Waals surface area contributed by atoms with Crippen molar-refractivity contribution in [2.24, 2.45) is 11.8 Å². The summed E-state index contributed by atoms with van der Waals surface area (Å²) in [4.78, 5) is 36.1. The highest BCUT2D eigenvalue weighted by atomic mass is 16.4. The fourth-order valence-electron chi connectivity index (χ4n) is 3.33. The largest absolute Gasteiger partial charge is 0.481 e. The quantitative estimate of drug-likeness (QED) is 0.827. The van der Waals surface area contributed by atoms with Gasteiger partial charge >= 0.3 is 5.97 Å². The molecule has 0 bridgehead atoms. The van der Waals surface area contributed by atoms with Crippen LogP contribution in [0.4, 0.5) is 0 Å². The molecule has 6 heteroatoms. The van der Waals surface area contributed by atoms with Crippen molar-refractivity contribution < 1.29 is 14.7 Å². The van der Waals surface area contributed by atoms with Gasteiger partial charge < -0.3 is 15.0 Å². The molecule has 1 unspecified atom stereocenters. The summed E-state index contributed by atoms with van der Waals surface area (Å²) in [5.41, 5.74) is 1.60. The van der Waals surface area contributed by atoms with Crippen LogP contribution in [0.5, 0.6) is 0 Å². The van der Waals surface area contributed by atoms with Crippen LogP contribution in [0, 0.1) is 25.7 Å². The number of carbonyl (C=O) groups excluding carboxylic acids is 1. The van der Waals surface area contributed by atoms with Crippen molar-refractivity contribution in [2.75, 3.05) is 6.54 Å². The van der Waals surface area contributed by atoms with Crippen molar-refractivity contribution in [2.45, 2.75) is 59.4 Å². The molecule has 138 valence electrons. The van der Waals surface area contributed by atoms with E-state index in [-0.39, 0.29) is 17.7 Å². The van der Waals surface area contributed by atoms with E-state index in [0.717, 1.165) is 24.1 Å². The third-order valence-corrected chi connectivity index (χ3v) is 5.21. The zero-order valence-electron chi connectivity index (χ0n) is 15.3. The van der Waals surface area contributed by atoms with Crippen LogP contribution in [-0.2, 0) is 11.3 Å². The van der Waals surface area contributed by atoms with Gasteiger partial charge in [-0.3, -0.25) is 14.4 Å². The third-order valence-electron chi connectivity index (χ3n) is 5.21. The Morgan fingerprint density at radius 3 is 2.52 bits per heavy atom. The lowest BCUT2D eigenvalue weighted by atomic mass is 9.89. The number of carboxylic acids is 1. The number of nitrogens with one attached hydrogen (secondary N) is 1. The molecule has 1 fully saturated rings. The molecule has 1 aliphatic carbocycles. The molecule has 6 nitrogen and oxygen atoms in total. The summed E-state index contributed by atoms with van der Waals surface area (Å²) in [5, 5.41) is 11.5. The van der Waals surface area contributed by atoms with Gasteiger partial charge in [-0.25, -0.2) is 0 Å². The van der Waals surface area contributed by atoms with Crippen molar-refractivity contribution in [1.29, 1.82) is 0 Å². The van der Waals surface area contributed by atoms with Gasteiger partial charge in [0.25, 0.3) is 11.5 Å². The molecule has 1 aromatic heterocycles. The summed E-state index contributed by atoms with van der Waals surface area (Å²) < 4.78 is 1.72. The highest BCUT2D eigenvalue weighted by molar-refractivity contribution is 5.94. The Morgan fingerprint density at radius 1 is 1.28 bits per heavy atom. The molecule has 1 aliphatic rings. The van der Waals surface area contributed by atoms with Crippen molar-refractivity contribution in [3.05, 3.63) is 33.2 Å². The Morgan fingerprint density at radius 2 is 1.92 bits per heavy atom. The van der Waals surface area contributed by atoms with Crippen LogP contribution < -0.4 is 10.9 Å². The lowest BCUT2D eigenvalue weighted by molar-refractivity contribution is -0.140. The topological polar surface area (TPSA) is 88.4 Å². The van der Waals surface area contributed by atoms with Gasteiger partial charge in [0.05, 0.1) is 5.92 Å². The first-order valence-electron chi connectivity index (χ1n) is 9.03. The summed E-state index contributed by atoms with van der Waals surface area (Å²) in [7, 11) is 0. The van der Waals surface area contributed by atoms with Gasteiger partial charge in [0.2, 0.25) is 0 Å². The van der Waals surface area contributed by atoms with Crippen molar-refractivity contribution in [3.8, 4) is 0 Å². The van der Waals surface area contributed by atoms with Crippen LogP contribution in [-0.4, -0.2) is 28.1 Å². The van der Waals surface area contributed by atoms with Crippen molar-refractivity contribution >= 4 is 11.9 Å². The molecule has 1 amide bonds. The van der Waals surface area contributed by atoms with Gasteiger partial charge in [0.15, 0.2) is 0 Å². The molecule has 25 heavy (non-hydrogen) atoms.